The summed E-state index contributed by atoms with van der Waals surface area (Å²) in [5.74, 6) is 0.511. The Hall–Kier alpha value is -2.63. The van der Waals surface area contributed by atoms with Gasteiger partial charge in [0.05, 0.1) is 18.1 Å². The van der Waals surface area contributed by atoms with Gasteiger partial charge in [-0.25, -0.2) is 4.39 Å². The zero-order valence-electron chi connectivity index (χ0n) is 12.1. The van der Waals surface area contributed by atoms with Crippen molar-refractivity contribution in [3.8, 4) is 11.5 Å². The third kappa shape index (κ3) is 4.44. The standard InChI is InChI=1S/C16H16FNO4/c1-12-3-8-15(18(19)20)16(11-12)22-10-2-9-21-14-6-4-13(17)5-7-14/h3-8,11H,2,9-10H2,1H3. The second kappa shape index (κ2) is 7.40. The smallest absolute Gasteiger partial charge is 0.310 e. The van der Waals surface area contributed by atoms with Gasteiger partial charge in [0.1, 0.15) is 11.6 Å². The lowest BCUT2D eigenvalue weighted by atomic mass is 10.2. The van der Waals surface area contributed by atoms with Crippen molar-refractivity contribution in [1.82, 2.24) is 0 Å². The Labute approximate surface area is 127 Å². The molecule has 0 atom stereocenters. The maximum Gasteiger partial charge on any atom is 0.310 e. The zero-order chi connectivity index (χ0) is 15.9. The third-order valence-corrected chi connectivity index (χ3v) is 2.94. The first-order valence-corrected chi connectivity index (χ1v) is 6.82. The van der Waals surface area contributed by atoms with Gasteiger partial charge in [0.15, 0.2) is 5.75 Å². The molecule has 6 heteroatoms. The van der Waals surface area contributed by atoms with Gasteiger partial charge in [-0.2, -0.15) is 0 Å². The van der Waals surface area contributed by atoms with E-state index in [2.05, 4.69) is 0 Å². The molecule has 22 heavy (non-hydrogen) atoms. The van der Waals surface area contributed by atoms with E-state index in [0.717, 1.165) is 5.56 Å². The van der Waals surface area contributed by atoms with Gasteiger partial charge in [0.2, 0.25) is 0 Å². The summed E-state index contributed by atoms with van der Waals surface area (Å²) in [6.45, 7) is 2.52. The summed E-state index contributed by atoms with van der Waals surface area (Å²) >= 11 is 0. The SMILES string of the molecule is Cc1ccc([N+](=O)[O-])c(OCCCOc2ccc(F)cc2)c1. The van der Waals surface area contributed by atoms with Crippen molar-refractivity contribution in [3.05, 3.63) is 64.0 Å². The first-order chi connectivity index (χ1) is 10.6. The fourth-order valence-corrected chi connectivity index (χ4v) is 1.85. The van der Waals surface area contributed by atoms with Gasteiger partial charge < -0.3 is 9.47 Å². The van der Waals surface area contributed by atoms with Crippen LogP contribution in [-0.4, -0.2) is 18.1 Å². The number of rotatable bonds is 7. The number of nitro benzene ring substituents is 1. The maximum absolute atomic E-state index is 12.7. The van der Waals surface area contributed by atoms with E-state index in [1.165, 1.54) is 18.2 Å². The normalized spacial score (nSPS) is 10.3. The number of benzene rings is 2. The van der Waals surface area contributed by atoms with Gasteiger partial charge >= 0.3 is 5.69 Å². The second-order valence-electron chi connectivity index (χ2n) is 4.73. The van der Waals surface area contributed by atoms with Crippen LogP contribution < -0.4 is 9.47 Å². The molecule has 0 unspecified atom stereocenters. The van der Waals surface area contributed by atoms with Crippen LogP contribution in [0.1, 0.15) is 12.0 Å². The van der Waals surface area contributed by atoms with Crippen molar-refractivity contribution >= 4 is 5.69 Å². The second-order valence-corrected chi connectivity index (χ2v) is 4.73. The summed E-state index contributed by atoms with van der Waals surface area (Å²) in [6.07, 6.45) is 0.558. The van der Waals surface area contributed by atoms with Gasteiger partial charge in [-0.05, 0) is 42.8 Å². The fraction of sp³-hybridized carbons (Fsp3) is 0.250. The quantitative estimate of drug-likeness (QED) is 0.442. The fourth-order valence-electron chi connectivity index (χ4n) is 1.85. The Balaban J connectivity index is 1.80. The van der Waals surface area contributed by atoms with E-state index in [4.69, 9.17) is 9.47 Å². The van der Waals surface area contributed by atoms with Crippen LogP contribution in [0.25, 0.3) is 0 Å². The van der Waals surface area contributed by atoms with E-state index in [-0.39, 0.29) is 17.3 Å². The lowest BCUT2D eigenvalue weighted by Crippen LogP contribution is -2.06. The Morgan fingerprint density at radius 3 is 2.45 bits per heavy atom. The molecule has 2 aromatic carbocycles. The predicted molar refractivity (Wildman–Crippen MR) is 79.8 cm³/mol. The summed E-state index contributed by atoms with van der Waals surface area (Å²) in [5, 5.41) is 10.9. The Kier molecular flexibility index (Phi) is 5.30. The molecular weight excluding hydrogens is 289 g/mol. The minimum Gasteiger partial charge on any atom is -0.493 e. The van der Waals surface area contributed by atoms with Gasteiger partial charge in [-0.3, -0.25) is 10.1 Å². The lowest BCUT2D eigenvalue weighted by molar-refractivity contribution is -0.385. The average molecular weight is 305 g/mol. The summed E-state index contributed by atoms with van der Waals surface area (Å²) in [5.41, 5.74) is 0.841. The molecule has 0 heterocycles. The Bertz CT molecular complexity index is 643. The van der Waals surface area contributed by atoms with Crippen molar-refractivity contribution in [1.29, 1.82) is 0 Å². The Morgan fingerprint density at radius 1 is 1.09 bits per heavy atom. The molecule has 2 rings (SSSR count). The van der Waals surface area contributed by atoms with Crippen LogP contribution in [0.3, 0.4) is 0 Å². The molecule has 0 spiro atoms. The van der Waals surface area contributed by atoms with Gasteiger partial charge in [0, 0.05) is 12.5 Å². The van der Waals surface area contributed by atoms with E-state index in [0.29, 0.717) is 25.4 Å². The number of nitrogens with zero attached hydrogens (tertiary/aromatic N) is 1. The van der Waals surface area contributed by atoms with E-state index >= 15 is 0 Å². The molecule has 0 N–H and O–H groups in total. The van der Waals surface area contributed by atoms with Crippen molar-refractivity contribution in [2.45, 2.75) is 13.3 Å². The molecule has 116 valence electrons. The molecule has 0 aromatic heterocycles. The van der Waals surface area contributed by atoms with E-state index in [1.54, 1.807) is 24.3 Å². The summed E-state index contributed by atoms with van der Waals surface area (Å²) in [6, 6.07) is 10.5. The van der Waals surface area contributed by atoms with Gasteiger partial charge in [0.25, 0.3) is 0 Å². The molecule has 0 aliphatic rings. The highest BCUT2D eigenvalue weighted by Gasteiger charge is 2.14. The maximum atomic E-state index is 12.7. The molecule has 0 saturated heterocycles. The van der Waals surface area contributed by atoms with Crippen LogP contribution in [0.15, 0.2) is 42.5 Å². The molecule has 0 amide bonds. The number of aryl methyl sites for hydroxylation is 1. The number of nitro groups is 1. The molecule has 5 nitrogen and oxygen atoms in total. The molecule has 0 bridgehead atoms. The molecule has 0 fully saturated rings. The van der Waals surface area contributed by atoms with Crippen molar-refractivity contribution in [2.75, 3.05) is 13.2 Å². The average Bonchev–Trinajstić information content (AvgIpc) is 2.48. The van der Waals surface area contributed by atoms with E-state index in [9.17, 15) is 14.5 Å². The highest BCUT2D eigenvalue weighted by molar-refractivity contribution is 5.48. The molecule has 0 aliphatic carbocycles. The third-order valence-electron chi connectivity index (χ3n) is 2.94. The zero-order valence-corrected chi connectivity index (χ0v) is 12.1. The number of hydrogen-bond donors (Lipinski definition) is 0. The van der Waals surface area contributed by atoms with Crippen LogP contribution in [0.2, 0.25) is 0 Å². The van der Waals surface area contributed by atoms with Crippen LogP contribution in [0.5, 0.6) is 11.5 Å². The molecule has 0 aliphatic heterocycles. The van der Waals surface area contributed by atoms with Crippen molar-refractivity contribution in [2.24, 2.45) is 0 Å². The molecule has 2 aromatic rings. The monoisotopic (exact) mass is 305 g/mol. The van der Waals surface area contributed by atoms with Crippen LogP contribution >= 0.6 is 0 Å². The summed E-state index contributed by atoms with van der Waals surface area (Å²) < 4.78 is 23.6. The highest BCUT2D eigenvalue weighted by Crippen LogP contribution is 2.27. The largest absolute Gasteiger partial charge is 0.493 e. The van der Waals surface area contributed by atoms with Crippen molar-refractivity contribution < 1.29 is 18.8 Å². The molecule has 0 saturated carbocycles. The molecule has 0 radical (unpaired) electrons. The highest BCUT2D eigenvalue weighted by atomic mass is 19.1. The number of ether oxygens (including phenoxy) is 2. The number of halogens is 1. The van der Waals surface area contributed by atoms with Crippen LogP contribution in [0, 0.1) is 22.9 Å². The summed E-state index contributed by atoms with van der Waals surface area (Å²) in [4.78, 5) is 10.4. The van der Waals surface area contributed by atoms with E-state index < -0.39 is 4.92 Å². The summed E-state index contributed by atoms with van der Waals surface area (Å²) in [7, 11) is 0. The van der Waals surface area contributed by atoms with E-state index in [1.807, 2.05) is 6.92 Å². The predicted octanol–water partition coefficient (Wildman–Crippen LogP) is 3.89. The lowest BCUT2D eigenvalue weighted by Gasteiger charge is -2.09. The van der Waals surface area contributed by atoms with Crippen molar-refractivity contribution in [3.63, 3.8) is 0 Å². The van der Waals surface area contributed by atoms with Crippen LogP contribution in [0.4, 0.5) is 10.1 Å². The van der Waals surface area contributed by atoms with Gasteiger partial charge in [-0.15, -0.1) is 0 Å². The first kappa shape index (κ1) is 15.8. The van der Waals surface area contributed by atoms with Crippen LogP contribution in [-0.2, 0) is 0 Å². The number of hydrogen-bond acceptors (Lipinski definition) is 4. The van der Waals surface area contributed by atoms with Gasteiger partial charge in [-0.1, -0.05) is 6.07 Å². The topological polar surface area (TPSA) is 61.6 Å². The molecular formula is C16H16FNO4. The minimum absolute atomic E-state index is 0.0509. The minimum atomic E-state index is -0.468. The Morgan fingerprint density at radius 2 is 1.77 bits per heavy atom. The first-order valence-electron chi connectivity index (χ1n) is 6.82.